The first-order chi connectivity index (χ1) is 12.1. The summed E-state index contributed by atoms with van der Waals surface area (Å²) in [5.74, 6) is -0.135. The molecule has 0 spiro atoms. The summed E-state index contributed by atoms with van der Waals surface area (Å²) in [4.78, 5) is 26.8. The standard InChI is InChI=1S/C19H26N2O4/c1-14(20-18(22)16-9-5-11-24-16)13-21(15-7-3-2-4-8-15)19(23)17-10-6-12-25-17/h2-4,7-8,14,16-17H,5-6,9-13H2,1H3,(H,20,22)/t14-,16-,17+/m1/s1. The van der Waals surface area contributed by atoms with Crippen molar-refractivity contribution < 1.29 is 19.1 Å². The molecule has 3 rings (SSSR count). The predicted molar refractivity (Wildman–Crippen MR) is 94.3 cm³/mol. The molecule has 136 valence electrons. The number of nitrogens with zero attached hydrogens (tertiary/aromatic N) is 1. The number of para-hydroxylation sites is 1. The van der Waals surface area contributed by atoms with Crippen LogP contribution in [0.3, 0.4) is 0 Å². The predicted octanol–water partition coefficient (Wildman–Crippen LogP) is 1.88. The number of hydrogen-bond acceptors (Lipinski definition) is 4. The lowest BCUT2D eigenvalue weighted by Gasteiger charge is -2.29. The van der Waals surface area contributed by atoms with E-state index in [9.17, 15) is 9.59 Å². The van der Waals surface area contributed by atoms with E-state index in [1.54, 1.807) is 4.90 Å². The minimum atomic E-state index is -0.388. The minimum Gasteiger partial charge on any atom is -0.368 e. The molecule has 1 N–H and O–H groups in total. The number of carbonyl (C=O) groups is 2. The highest BCUT2D eigenvalue weighted by atomic mass is 16.5. The number of nitrogens with one attached hydrogen (secondary N) is 1. The first-order valence-electron chi connectivity index (χ1n) is 9.05. The van der Waals surface area contributed by atoms with Crippen LogP contribution in [0.15, 0.2) is 30.3 Å². The van der Waals surface area contributed by atoms with E-state index >= 15 is 0 Å². The quantitative estimate of drug-likeness (QED) is 0.854. The third kappa shape index (κ3) is 4.58. The van der Waals surface area contributed by atoms with Crippen LogP contribution in [0.25, 0.3) is 0 Å². The molecule has 0 saturated carbocycles. The first kappa shape index (κ1) is 17.9. The number of amides is 2. The van der Waals surface area contributed by atoms with Gasteiger partial charge in [0.2, 0.25) is 5.91 Å². The topological polar surface area (TPSA) is 67.9 Å². The molecule has 2 aliphatic rings. The van der Waals surface area contributed by atoms with Crippen LogP contribution in [0, 0.1) is 0 Å². The van der Waals surface area contributed by atoms with Crippen molar-refractivity contribution in [3.8, 4) is 0 Å². The fourth-order valence-electron chi connectivity index (χ4n) is 3.32. The Morgan fingerprint density at radius 1 is 1.12 bits per heavy atom. The van der Waals surface area contributed by atoms with E-state index in [0.717, 1.165) is 31.4 Å². The molecule has 25 heavy (non-hydrogen) atoms. The van der Waals surface area contributed by atoms with Crippen LogP contribution in [-0.4, -0.2) is 49.8 Å². The number of ether oxygens (including phenoxy) is 2. The van der Waals surface area contributed by atoms with Crippen LogP contribution in [0.2, 0.25) is 0 Å². The molecule has 6 heteroatoms. The van der Waals surface area contributed by atoms with Crippen molar-refractivity contribution in [1.82, 2.24) is 5.32 Å². The fraction of sp³-hybridized carbons (Fsp3) is 0.579. The Kier molecular flexibility index (Phi) is 6.04. The molecule has 2 heterocycles. The van der Waals surface area contributed by atoms with Crippen LogP contribution < -0.4 is 10.2 Å². The Labute approximate surface area is 148 Å². The van der Waals surface area contributed by atoms with E-state index < -0.39 is 0 Å². The van der Waals surface area contributed by atoms with Gasteiger partial charge in [0.05, 0.1) is 0 Å². The van der Waals surface area contributed by atoms with Gasteiger partial charge >= 0.3 is 0 Å². The normalized spacial score (nSPS) is 24.0. The maximum absolute atomic E-state index is 12.9. The van der Waals surface area contributed by atoms with Crippen molar-refractivity contribution in [3.05, 3.63) is 30.3 Å². The van der Waals surface area contributed by atoms with E-state index in [2.05, 4.69) is 5.32 Å². The van der Waals surface area contributed by atoms with Crippen molar-refractivity contribution in [2.24, 2.45) is 0 Å². The van der Waals surface area contributed by atoms with E-state index in [0.29, 0.717) is 19.8 Å². The van der Waals surface area contributed by atoms with Crippen molar-refractivity contribution in [3.63, 3.8) is 0 Å². The van der Waals surface area contributed by atoms with Crippen LogP contribution in [0.4, 0.5) is 5.69 Å². The number of carbonyl (C=O) groups excluding carboxylic acids is 2. The van der Waals surface area contributed by atoms with Crippen LogP contribution >= 0.6 is 0 Å². The number of anilines is 1. The largest absolute Gasteiger partial charge is 0.368 e. The highest BCUT2D eigenvalue weighted by Crippen LogP contribution is 2.21. The fourth-order valence-corrected chi connectivity index (χ4v) is 3.32. The average Bonchev–Trinajstić information content (AvgIpc) is 3.33. The summed E-state index contributed by atoms with van der Waals surface area (Å²) >= 11 is 0. The summed E-state index contributed by atoms with van der Waals surface area (Å²) in [5, 5.41) is 2.97. The van der Waals surface area contributed by atoms with Gasteiger partial charge in [-0.25, -0.2) is 0 Å². The van der Waals surface area contributed by atoms with E-state index in [-0.39, 0.29) is 30.1 Å². The highest BCUT2D eigenvalue weighted by Gasteiger charge is 2.31. The Hall–Kier alpha value is -1.92. The molecule has 1 aromatic rings. The number of hydrogen-bond donors (Lipinski definition) is 1. The molecular formula is C19H26N2O4. The summed E-state index contributed by atoms with van der Waals surface area (Å²) in [6.45, 7) is 3.58. The molecule has 0 aromatic heterocycles. The zero-order valence-corrected chi connectivity index (χ0v) is 14.6. The molecule has 6 nitrogen and oxygen atoms in total. The monoisotopic (exact) mass is 346 g/mol. The molecular weight excluding hydrogens is 320 g/mol. The van der Waals surface area contributed by atoms with Crippen molar-refractivity contribution in [2.75, 3.05) is 24.7 Å². The third-order valence-electron chi connectivity index (χ3n) is 4.61. The van der Waals surface area contributed by atoms with Crippen LogP contribution in [0.5, 0.6) is 0 Å². The molecule has 3 atom stereocenters. The lowest BCUT2D eigenvalue weighted by Crippen LogP contribution is -2.49. The minimum absolute atomic E-state index is 0.0399. The van der Waals surface area contributed by atoms with Gasteiger partial charge in [-0.1, -0.05) is 18.2 Å². The molecule has 2 fully saturated rings. The van der Waals surface area contributed by atoms with E-state index in [1.165, 1.54) is 0 Å². The van der Waals surface area contributed by atoms with E-state index in [4.69, 9.17) is 9.47 Å². The Morgan fingerprint density at radius 2 is 1.76 bits per heavy atom. The summed E-state index contributed by atoms with van der Waals surface area (Å²) in [6.07, 6.45) is 2.58. The highest BCUT2D eigenvalue weighted by molar-refractivity contribution is 5.96. The van der Waals surface area contributed by atoms with Crippen molar-refractivity contribution in [2.45, 2.75) is 50.9 Å². The second-order valence-electron chi connectivity index (χ2n) is 6.70. The SMILES string of the molecule is C[C@H](CN(C(=O)[C@@H]1CCCO1)c1ccccc1)NC(=O)[C@H]1CCCO1. The Balaban J connectivity index is 1.66. The Bertz CT molecular complexity index is 580. The molecule has 1 aromatic carbocycles. The van der Waals surface area contributed by atoms with Gasteiger partial charge in [-0.05, 0) is 44.7 Å². The van der Waals surface area contributed by atoms with Crippen LogP contribution in [0.1, 0.15) is 32.6 Å². The maximum Gasteiger partial charge on any atom is 0.256 e. The van der Waals surface area contributed by atoms with Gasteiger partial charge in [-0.2, -0.15) is 0 Å². The van der Waals surface area contributed by atoms with Gasteiger partial charge in [0.15, 0.2) is 0 Å². The van der Waals surface area contributed by atoms with E-state index in [1.807, 2.05) is 37.3 Å². The summed E-state index contributed by atoms with van der Waals surface area (Å²) in [7, 11) is 0. The molecule has 2 aliphatic heterocycles. The lowest BCUT2D eigenvalue weighted by atomic mass is 10.1. The molecule has 0 radical (unpaired) electrons. The molecule has 0 unspecified atom stereocenters. The summed E-state index contributed by atoms with van der Waals surface area (Å²) in [5.41, 5.74) is 0.821. The molecule has 2 amide bonds. The van der Waals surface area contributed by atoms with Gasteiger partial charge in [-0.3, -0.25) is 9.59 Å². The second-order valence-corrected chi connectivity index (χ2v) is 6.70. The number of rotatable bonds is 6. The van der Waals surface area contributed by atoms with Gasteiger partial charge in [0, 0.05) is 31.5 Å². The van der Waals surface area contributed by atoms with Gasteiger partial charge in [0.25, 0.3) is 5.91 Å². The Morgan fingerprint density at radius 3 is 2.36 bits per heavy atom. The lowest BCUT2D eigenvalue weighted by molar-refractivity contribution is -0.131. The van der Waals surface area contributed by atoms with Gasteiger partial charge in [-0.15, -0.1) is 0 Å². The molecule has 0 bridgehead atoms. The number of benzene rings is 1. The maximum atomic E-state index is 12.9. The van der Waals surface area contributed by atoms with Crippen LogP contribution in [-0.2, 0) is 19.1 Å². The molecule has 2 saturated heterocycles. The van der Waals surface area contributed by atoms with Crippen molar-refractivity contribution >= 4 is 17.5 Å². The van der Waals surface area contributed by atoms with Gasteiger partial charge in [0.1, 0.15) is 12.2 Å². The van der Waals surface area contributed by atoms with Crippen molar-refractivity contribution in [1.29, 1.82) is 0 Å². The zero-order chi connectivity index (χ0) is 17.6. The first-order valence-corrected chi connectivity index (χ1v) is 9.05. The summed E-state index contributed by atoms with van der Waals surface area (Å²) < 4.78 is 11.0. The average molecular weight is 346 g/mol. The third-order valence-corrected chi connectivity index (χ3v) is 4.61. The zero-order valence-electron chi connectivity index (χ0n) is 14.6. The summed E-state index contributed by atoms with van der Waals surface area (Å²) in [6, 6.07) is 9.35. The molecule has 0 aliphatic carbocycles. The smallest absolute Gasteiger partial charge is 0.256 e. The van der Waals surface area contributed by atoms with Gasteiger partial charge < -0.3 is 19.7 Å². The second kappa shape index (κ2) is 8.45.